The van der Waals surface area contributed by atoms with Gasteiger partial charge in [0.05, 0.1) is 18.8 Å². The van der Waals surface area contributed by atoms with Gasteiger partial charge in [0.15, 0.2) is 0 Å². The van der Waals surface area contributed by atoms with Gasteiger partial charge in [-0.1, -0.05) is 53.8 Å². The lowest BCUT2D eigenvalue weighted by Crippen LogP contribution is -2.03. The Labute approximate surface area is 112 Å². The van der Waals surface area contributed by atoms with E-state index in [9.17, 15) is 5.11 Å². The summed E-state index contributed by atoms with van der Waals surface area (Å²) in [6.07, 6.45) is 3.90. The van der Waals surface area contributed by atoms with Crippen LogP contribution in [0.4, 0.5) is 0 Å². The second-order valence-corrected chi connectivity index (χ2v) is 4.44. The van der Waals surface area contributed by atoms with E-state index in [1.165, 1.54) is 0 Å². The first-order valence-electron chi connectivity index (χ1n) is 6.11. The summed E-state index contributed by atoms with van der Waals surface area (Å²) in [6, 6.07) is 9.97. The minimum Gasteiger partial charge on any atom is -0.390 e. The number of benzene rings is 1. The molecule has 1 heterocycles. The van der Waals surface area contributed by atoms with Gasteiger partial charge < -0.3 is 5.11 Å². The van der Waals surface area contributed by atoms with Crippen molar-refractivity contribution in [2.45, 2.75) is 20.1 Å². The van der Waals surface area contributed by atoms with Crippen molar-refractivity contribution in [3.8, 4) is 0 Å². The van der Waals surface area contributed by atoms with Crippen molar-refractivity contribution in [3.63, 3.8) is 0 Å². The molecule has 0 saturated heterocycles. The van der Waals surface area contributed by atoms with Crippen molar-refractivity contribution in [2.24, 2.45) is 0 Å². The van der Waals surface area contributed by atoms with E-state index in [0.29, 0.717) is 12.2 Å². The van der Waals surface area contributed by atoms with Gasteiger partial charge in [-0.25, -0.2) is 4.68 Å². The Kier molecular flexibility index (Phi) is 4.26. The summed E-state index contributed by atoms with van der Waals surface area (Å²) in [7, 11) is 0. The minimum absolute atomic E-state index is 0.120. The maximum absolute atomic E-state index is 9.29. The van der Waals surface area contributed by atoms with Crippen LogP contribution >= 0.6 is 0 Å². The van der Waals surface area contributed by atoms with Crippen LogP contribution in [0, 0.1) is 0 Å². The maximum atomic E-state index is 9.29. The number of hydrogen-bond acceptors (Lipinski definition) is 3. The van der Waals surface area contributed by atoms with E-state index in [2.05, 4.69) is 16.9 Å². The third kappa shape index (κ3) is 3.39. The molecule has 19 heavy (non-hydrogen) atoms. The fraction of sp³-hybridized carbons (Fsp3) is 0.200. The molecule has 0 saturated carbocycles. The van der Waals surface area contributed by atoms with Crippen LogP contribution < -0.4 is 0 Å². The summed E-state index contributed by atoms with van der Waals surface area (Å²) in [4.78, 5) is 0. The number of hydrogen-bond donors (Lipinski definition) is 1. The Balaban J connectivity index is 2.29. The van der Waals surface area contributed by atoms with Crippen LogP contribution in [-0.4, -0.2) is 20.1 Å². The highest BCUT2D eigenvalue weighted by Gasteiger charge is 2.09. The summed E-state index contributed by atoms with van der Waals surface area (Å²) in [5.41, 5.74) is 3.47. The van der Waals surface area contributed by atoms with E-state index in [0.717, 1.165) is 16.8 Å². The van der Waals surface area contributed by atoms with Crippen molar-refractivity contribution < 1.29 is 5.11 Å². The van der Waals surface area contributed by atoms with Gasteiger partial charge in [-0.3, -0.25) is 0 Å². The Morgan fingerprint density at radius 1 is 1.32 bits per heavy atom. The highest BCUT2D eigenvalue weighted by atomic mass is 16.3. The molecule has 2 rings (SSSR count). The van der Waals surface area contributed by atoms with Gasteiger partial charge in [0.1, 0.15) is 5.69 Å². The Bertz CT molecular complexity index is 585. The molecule has 1 aromatic carbocycles. The molecule has 98 valence electrons. The van der Waals surface area contributed by atoms with Gasteiger partial charge in [0.25, 0.3) is 0 Å². The minimum atomic E-state index is -0.120. The number of allylic oxidation sites excluding steroid dienone is 1. The predicted molar refractivity (Wildman–Crippen MR) is 76.1 cm³/mol. The Hall–Kier alpha value is -2.20. The molecule has 1 aromatic heterocycles. The first-order valence-corrected chi connectivity index (χ1v) is 6.11. The molecular formula is C15H17N3O. The molecule has 0 amide bonds. The van der Waals surface area contributed by atoms with E-state index < -0.39 is 0 Å². The van der Waals surface area contributed by atoms with Crippen LogP contribution in [0.5, 0.6) is 0 Å². The smallest absolute Gasteiger partial charge is 0.115 e. The molecule has 4 nitrogen and oxygen atoms in total. The average molecular weight is 255 g/mol. The zero-order chi connectivity index (χ0) is 13.7. The summed E-state index contributed by atoms with van der Waals surface area (Å²) >= 11 is 0. The van der Waals surface area contributed by atoms with Crippen LogP contribution in [0.3, 0.4) is 0 Å². The molecule has 0 atom stereocenters. The van der Waals surface area contributed by atoms with Crippen molar-refractivity contribution >= 4 is 12.2 Å². The van der Waals surface area contributed by atoms with E-state index in [4.69, 9.17) is 0 Å². The number of nitrogens with zero attached hydrogens (tertiary/aromatic N) is 3. The average Bonchev–Trinajstić information content (AvgIpc) is 2.79. The number of aliphatic hydroxyl groups excluding tert-OH is 1. The van der Waals surface area contributed by atoms with E-state index in [1.807, 2.05) is 49.4 Å². The van der Waals surface area contributed by atoms with E-state index in [1.54, 1.807) is 4.68 Å². The lowest BCUT2D eigenvalue weighted by molar-refractivity contribution is 0.276. The zero-order valence-electron chi connectivity index (χ0n) is 11.0. The standard InChI is InChI=1S/C15H17N3O/c1-12(2)10-18-15(14(11-19)16-17-18)9-8-13-6-4-3-5-7-13/h3-9,19H,1,10-11H2,2H3/b9-8+. The fourth-order valence-electron chi connectivity index (χ4n) is 1.76. The molecule has 4 heteroatoms. The van der Waals surface area contributed by atoms with Gasteiger partial charge in [0, 0.05) is 0 Å². The molecule has 0 spiro atoms. The second kappa shape index (κ2) is 6.11. The molecule has 0 aliphatic heterocycles. The molecule has 0 fully saturated rings. The maximum Gasteiger partial charge on any atom is 0.115 e. The van der Waals surface area contributed by atoms with Crippen LogP contribution in [-0.2, 0) is 13.2 Å². The van der Waals surface area contributed by atoms with Crippen molar-refractivity contribution in [1.82, 2.24) is 15.0 Å². The molecule has 0 bridgehead atoms. The quantitative estimate of drug-likeness (QED) is 0.835. The van der Waals surface area contributed by atoms with E-state index in [-0.39, 0.29) is 6.61 Å². The van der Waals surface area contributed by atoms with Gasteiger partial charge in [-0.05, 0) is 18.6 Å². The lowest BCUT2D eigenvalue weighted by atomic mass is 10.2. The molecule has 0 radical (unpaired) electrons. The second-order valence-electron chi connectivity index (χ2n) is 4.44. The molecule has 0 aliphatic rings. The molecule has 0 unspecified atom stereocenters. The summed E-state index contributed by atoms with van der Waals surface area (Å²) in [5.74, 6) is 0. The van der Waals surface area contributed by atoms with Crippen molar-refractivity contribution in [2.75, 3.05) is 0 Å². The highest BCUT2D eigenvalue weighted by molar-refractivity contribution is 5.68. The molecule has 0 aliphatic carbocycles. The SMILES string of the molecule is C=C(C)Cn1nnc(CO)c1/C=C/c1ccccc1. The third-order valence-corrected chi connectivity index (χ3v) is 2.65. The van der Waals surface area contributed by atoms with Gasteiger partial charge in [-0.2, -0.15) is 0 Å². The van der Waals surface area contributed by atoms with Crippen LogP contribution in [0.25, 0.3) is 12.2 Å². The summed E-state index contributed by atoms with van der Waals surface area (Å²) in [5, 5.41) is 17.3. The molecular weight excluding hydrogens is 238 g/mol. The number of rotatable bonds is 5. The topological polar surface area (TPSA) is 50.9 Å². The Morgan fingerprint density at radius 3 is 2.68 bits per heavy atom. The number of aromatic nitrogens is 3. The lowest BCUT2D eigenvalue weighted by Gasteiger charge is -2.03. The molecule has 2 aromatic rings. The highest BCUT2D eigenvalue weighted by Crippen LogP contribution is 2.12. The first kappa shape index (κ1) is 13.2. The van der Waals surface area contributed by atoms with Crippen LogP contribution in [0.15, 0.2) is 42.5 Å². The molecule has 1 N–H and O–H groups in total. The largest absolute Gasteiger partial charge is 0.390 e. The predicted octanol–water partition coefficient (Wildman–Crippen LogP) is 2.52. The monoisotopic (exact) mass is 255 g/mol. The van der Waals surface area contributed by atoms with Crippen LogP contribution in [0.1, 0.15) is 23.9 Å². The van der Waals surface area contributed by atoms with Gasteiger partial charge >= 0.3 is 0 Å². The summed E-state index contributed by atoms with van der Waals surface area (Å²) in [6.45, 7) is 6.28. The van der Waals surface area contributed by atoms with Crippen LogP contribution in [0.2, 0.25) is 0 Å². The normalized spacial score (nSPS) is 11.1. The number of aliphatic hydroxyl groups is 1. The zero-order valence-corrected chi connectivity index (χ0v) is 11.0. The van der Waals surface area contributed by atoms with Crippen molar-refractivity contribution in [3.05, 3.63) is 59.4 Å². The van der Waals surface area contributed by atoms with Gasteiger partial charge in [0.2, 0.25) is 0 Å². The van der Waals surface area contributed by atoms with E-state index >= 15 is 0 Å². The first-order chi connectivity index (χ1) is 9.20. The van der Waals surface area contributed by atoms with Crippen molar-refractivity contribution in [1.29, 1.82) is 0 Å². The third-order valence-electron chi connectivity index (χ3n) is 2.65. The fourth-order valence-corrected chi connectivity index (χ4v) is 1.76. The summed E-state index contributed by atoms with van der Waals surface area (Å²) < 4.78 is 1.74. The van der Waals surface area contributed by atoms with Gasteiger partial charge in [-0.15, -0.1) is 5.10 Å². The Morgan fingerprint density at radius 2 is 2.05 bits per heavy atom.